The predicted molar refractivity (Wildman–Crippen MR) is 75.7 cm³/mol. The molecule has 3 heteroatoms. The number of hydrogen-bond donors (Lipinski definition) is 0. The molecule has 0 aliphatic rings. The number of Topliss-reactive ketones (excluding diaryl/α,β-unsaturated/α-hetero) is 1. The second-order valence-corrected chi connectivity index (χ2v) is 6.10. The van der Waals surface area contributed by atoms with Crippen molar-refractivity contribution >= 4 is 27.9 Å². The molecule has 0 N–H and O–H groups in total. The van der Waals surface area contributed by atoms with E-state index in [1.165, 1.54) is 0 Å². The fourth-order valence-corrected chi connectivity index (χ4v) is 1.80. The molecule has 0 aromatic heterocycles. The van der Waals surface area contributed by atoms with Crippen molar-refractivity contribution in [2.24, 2.45) is 10.4 Å². The first-order chi connectivity index (χ1) is 7.87. The maximum absolute atomic E-state index is 11.7. The van der Waals surface area contributed by atoms with E-state index in [2.05, 4.69) is 41.7 Å². The van der Waals surface area contributed by atoms with E-state index in [4.69, 9.17) is 0 Å². The summed E-state index contributed by atoms with van der Waals surface area (Å²) >= 11 is 3.39. The molecule has 0 unspecified atom stereocenters. The lowest BCUT2D eigenvalue weighted by molar-refractivity contribution is -0.117. The average Bonchev–Trinajstić information content (AvgIpc) is 2.15. The van der Waals surface area contributed by atoms with Gasteiger partial charge in [-0.3, -0.25) is 9.79 Å². The Kier molecular flexibility index (Phi) is 5.06. The van der Waals surface area contributed by atoms with Crippen LogP contribution in [0, 0.1) is 5.41 Å². The highest BCUT2D eigenvalue weighted by Crippen LogP contribution is 2.12. The van der Waals surface area contributed by atoms with Crippen LogP contribution < -0.4 is 0 Å². The van der Waals surface area contributed by atoms with Crippen LogP contribution in [0.2, 0.25) is 0 Å². The minimum absolute atomic E-state index is 0.0378. The maximum atomic E-state index is 11.7. The topological polar surface area (TPSA) is 29.4 Å². The molecule has 0 amide bonds. The van der Waals surface area contributed by atoms with Gasteiger partial charge in [-0.2, -0.15) is 0 Å². The predicted octanol–water partition coefficient (Wildman–Crippen LogP) is 3.68. The Morgan fingerprint density at radius 2 is 2.12 bits per heavy atom. The number of ketones is 1. The zero-order chi connectivity index (χ0) is 12.9. The molecule has 92 valence electrons. The molecule has 1 rings (SSSR count). The first-order valence-electron chi connectivity index (χ1n) is 5.64. The monoisotopic (exact) mass is 295 g/mol. The van der Waals surface area contributed by atoms with Gasteiger partial charge in [-0.25, -0.2) is 0 Å². The number of hydrogen-bond acceptors (Lipinski definition) is 2. The van der Waals surface area contributed by atoms with Crippen LogP contribution in [-0.2, 0) is 11.2 Å². The van der Waals surface area contributed by atoms with Crippen molar-refractivity contribution in [3.63, 3.8) is 0 Å². The number of aliphatic imine (C=N–C) groups is 1. The van der Waals surface area contributed by atoms with Gasteiger partial charge in [0.25, 0.3) is 0 Å². The summed E-state index contributed by atoms with van der Waals surface area (Å²) in [5.41, 5.74) is 1.06. The van der Waals surface area contributed by atoms with Crippen molar-refractivity contribution in [1.29, 1.82) is 0 Å². The molecule has 0 spiro atoms. The summed E-state index contributed by atoms with van der Waals surface area (Å²) in [7, 11) is 0. The number of carbonyl (C=O) groups excluding carboxylic acids is 1. The quantitative estimate of drug-likeness (QED) is 0.779. The van der Waals surface area contributed by atoms with E-state index in [9.17, 15) is 4.79 Å². The van der Waals surface area contributed by atoms with E-state index in [0.717, 1.165) is 10.0 Å². The molecule has 0 aliphatic heterocycles. The van der Waals surface area contributed by atoms with Crippen molar-refractivity contribution in [2.75, 3.05) is 6.54 Å². The van der Waals surface area contributed by atoms with Crippen molar-refractivity contribution < 1.29 is 4.79 Å². The van der Waals surface area contributed by atoms with E-state index in [1.54, 1.807) is 0 Å². The third kappa shape index (κ3) is 6.37. The van der Waals surface area contributed by atoms with Gasteiger partial charge in [0.05, 0.1) is 6.54 Å². The Labute approximate surface area is 111 Å². The largest absolute Gasteiger partial charge is 0.297 e. The van der Waals surface area contributed by atoms with Crippen LogP contribution in [0.5, 0.6) is 0 Å². The van der Waals surface area contributed by atoms with E-state index in [-0.39, 0.29) is 17.7 Å². The Balaban J connectivity index is 2.48. The summed E-state index contributed by atoms with van der Waals surface area (Å²) in [6.07, 6.45) is 2.28. The van der Waals surface area contributed by atoms with Crippen LogP contribution in [-0.4, -0.2) is 18.5 Å². The maximum Gasteiger partial charge on any atom is 0.158 e. The lowest BCUT2D eigenvalue weighted by atomic mass is 9.99. The van der Waals surface area contributed by atoms with Crippen LogP contribution in [0.25, 0.3) is 0 Å². The number of rotatable bonds is 4. The van der Waals surface area contributed by atoms with Gasteiger partial charge in [-0.05, 0) is 23.1 Å². The molecule has 17 heavy (non-hydrogen) atoms. The van der Waals surface area contributed by atoms with Crippen molar-refractivity contribution in [1.82, 2.24) is 0 Å². The van der Waals surface area contributed by atoms with Gasteiger partial charge < -0.3 is 0 Å². The van der Waals surface area contributed by atoms with Gasteiger partial charge >= 0.3 is 0 Å². The Bertz CT molecular complexity index is 418. The highest BCUT2D eigenvalue weighted by atomic mass is 79.9. The fraction of sp³-hybridized carbons (Fsp3) is 0.429. The average molecular weight is 296 g/mol. The summed E-state index contributed by atoms with van der Waals surface area (Å²) in [6, 6.07) is 7.80. The van der Waals surface area contributed by atoms with Crippen molar-refractivity contribution in [3.05, 3.63) is 34.3 Å². The zero-order valence-corrected chi connectivity index (χ0v) is 12.1. The van der Waals surface area contributed by atoms with E-state index < -0.39 is 0 Å². The molecule has 2 nitrogen and oxygen atoms in total. The minimum atomic E-state index is 0.0378. The lowest BCUT2D eigenvalue weighted by Crippen LogP contribution is -2.11. The van der Waals surface area contributed by atoms with Gasteiger partial charge in [0.1, 0.15) is 0 Å². The van der Waals surface area contributed by atoms with Crippen LogP contribution in [0.15, 0.2) is 33.7 Å². The SMILES string of the molecule is CC(C)(C)C=NCC(=O)Cc1cccc(Br)c1. The van der Waals surface area contributed by atoms with Gasteiger partial charge in [-0.1, -0.05) is 48.8 Å². The van der Waals surface area contributed by atoms with Gasteiger partial charge in [0.2, 0.25) is 0 Å². The Hall–Kier alpha value is -0.960. The normalized spacial score (nSPS) is 12.0. The Morgan fingerprint density at radius 1 is 1.41 bits per heavy atom. The van der Waals surface area contributed by atoms with E-state index in [0.29, 0.717) is 6.42 Å². The first kappa shape index (κ1) is 14.1. The second-order valence-electron chi connectivity index (χ2n) is 5.18. The standard InChI is InChI=1S/C14H18BrNO/c1-14(2,3)10-16-9-13(17)8-11-5-4-6-12(15)7-11/h4-7,10H,8-9H2,1-3H3. The zero-order valence-electron chi connectivity index (χ0n) is 10.5. The molecule has 0 saturated heterocycles. The number of benzene rings is 1. The Morgan fingerprint density at radius 3 is 2.71 bits per heavy atom. The summed E-state index contributed by atoms with van der Waals surface area (Å²) in [5, 5.41) is 0. The van der Waals surface area contributed by atoms with E-state index >= 15 is 0 Å². The van der Waals surface area contributed by atoms with Crippen LogP contribution in [0.4, 0.5) is 0 Å². The van der Waals surface area contributed by atoms with Crippen molar-refractivity contribution in [3.8, 4) is 0 Å². The summed E-state index contributed by atoms with van der Waals surface area (Å²) in [5.74, 6) is 0.142. The number of carbonyl (C=O) groups is 1. The highest BCUT2D eigenvalue weighted by Gasteiger charge is 2.06. The third-order valence-electron chi connectivity index (χ3n) is 2.04. The second kappa shape index (κ2) is 6.10. The summed E-state index contributed by atoms with van der Waals surface area (Å²) in [6.45, 7) is 6.46. The van der Waals surface area contributed by atoms with Crippen LogP contribution in [0.3, 0.4) is 0 Å². The van der Waals surface area contributed by atoms with Crippen LogP contribution in [0.1, 0.15) is 26.3 Å². The molecule has 1 aromatic rings. The molecule has 0 heterocycles. The van der Waals surface area contributed by atoms with Gasteiger partial charge in [0.15, 0.2) is 5.78 Å². The molecule has 0 aliphatic carbocycles. The van der Waals surface area contributed by atoms with E-state index in [1.807, 2.05) is 30.5 Å². The number of halogens is 1. The molecular formula is C14H18BrNO. The highest BCUT2D eigenvalue weighted by molar-refractivity contribution is 9.10. The third-order valence-corrected chi connectivity index (χ3v) is 2.53. The molecule has 0 radical (unpaired) electrons. The lowest BCUT2D eigenvalue weighted by Gasteiger charge is -2.09. The molecule has 0 bridgehead atoms. The summed E-state index contributed by atoms with van der Waals surface area (Å²) in [4.78, 5) is 15.9. The fourth-order valence-electron chi connectivity index (χ4n) is 1.35. The van der Waals surface area contributed by atoms with Gasteiger partial charge in [-0.15, -0.1) is 0 Å². The molecule has 1 aromatic carbocycles. The van der Waals surface area contributed by atoms with Crippen LogP contribution >= 0.6 is 15.9 Å². The molecular weight excluding hydrogens is 278 g/mol. The van der Waals surface area contributed by atoms with Gasteiger partial charge in [0, 0.05) is 17.1 Å². The first-order valence-corrected chi connectivity index (χ1v) is 6.43. The minimum Gasteiger partial charge on any atom is -0.297 e. The molecule has 0 fully saturated rings. The van der Waals surface area contributed by atoms with Crippen molar-refractivity contribution in [2.45, 2.75) is 27.2 Å². The smallest absolute Gasteiger partial charge is 0.158 e. The number of nitrogens with zero attached hydrogens (tertiary/aromatic N) is 1. The molecule has 0 saturated carbocycles. The summed E-state index contributed by atoms with van der Waals surface area (Å²) < 4.78 is 1.00. The molecule has 0 atom stereocenters.